The van der Waals surface area contributed by atoms with Gasteiger partial charge in [-0.3, -0.25) is 9.00 Å². The highest BCUT2D eigenvalue weighted by molar-refractivity contribution is 7.87. The van der Waals surface area contributed by atoms with E-state index < -0.39 is 16.0 Å². The molecule has 0 radical (unpaired) electrons. The van der Waals surface area contributed by atoms with Gasteiger partial charge in [0.1, 0.15) is 5.25 Å². The molecule has 0 heterocycles. The van der Waals surface area contributed by atoms with Crippen molar-refractivity contribution in [2.24, 2.45) is 0 Å². The van der Waals surface area contributed by atoms with Gasteiger partial charge in [0, 0.05) is 27.4 Å². The zero-order chi connectivity index (χ0) is 13.9. The van der Waals surface area contributed by atoms with Crippen molar-refractivity contribution in [3.8, 4) is 0 Å². The van der Waals surface area contributed by atoms with E-state index in [0.717, 1.165) is 5.56 Å². The molecule has 2 unspecified atom stereocenters. The lowest BCUT2D eigenvalue weighted by Gasteiger charge is -2.15. The number of nitrogens with one attached hydrogen (secondary N) is 1. The zero-order valence-corrected chi connectivity index (χ0v) is 12.0. The van der Waals surface area contributed by atoms with Crippen LogP contribution in [0.5, 0.6) is 0 Å². The van der Waals surface area contributed by atoms with Crippen molar-refractivity contribution < 1.29 is 9.00 Å². The third-order valence-electron chi connectivity index (χ3n) is 2.70. The lowest BCUT2D eigenvalue weighted by Crippen LogP contribution is -2.32. The molecule has 0 aliphatic carbocycles. The van der Waals surface area contributed by atoms with Crippen LogP contribution >= 0.6 is 0 Å². The number of nitrogen functional groups attached to an aromatic ring is 1. The number of rotatable bonds is 4. The minimum absolute atomic E-state index is 0.0345. The van der Waals surface area contributed by atoms with Crippen molar-refractivity contribution in [2.45, 2.75) is 38.2 Å². The summed E-state index contributed by atoms with van der Waals surface area (Å²) >= 11 is 0. The van der Waals surface area contributed by atoms with E-state index in [0.29, 0.717) is 11.4 Å². The van der Waals surface area contributed by atoms with Crippen LogP contribution in [-0.2, 0) is 15.6 Å². The third kappa shape index (κ3) is 3.57. The summed E-state index contributed by atoms with van der Waals surface area (Å²) in [6, 6.07) is 5.33. The maximum Gasteiger partial charge on any atom is 0.239 e. The largest absolute Gasteiger partial charge is 0.399 e. The zero-order valence-electron chi connectivity index (χ0n) is 11.2. The van der Waals surface area contributed by atoms with E-state index in [-0.39, 0.29) is 11.2 Å². The second-order valence-corrected chi connectivity index (χ2v) is 6.89. The molecule has 0 aliphatic heterocycles. The molecular formula is C13H20N2O2S. The fraction of sp³-hybridized carbons (Fsp3) is 0.462. The maximum absolute atomic E-state index is 12.0. The number of hydrogen-bond donors (Lipinski definition) is 2. The normalized spacial score (nSPS) is 14.3. The topological polar surface area (TPSA) is 72.2 Å². The van der Waals surface area contributed by atoms with Crippen LogP contribution in [0.15, 0.2) is 18.2 Å². The van der Waals surface area contributed by atoms with E-state index >= 15 is 0 Å². The van der Waals surface area contributed by atoms with Crippen molar-refractivity contribution in [2.75, 3.05) is 11.1 Å². The Bertz CT molecular complexity index is 472. The third-order valence-corrected chi connectivity index (χ3v) is 4.54. The van der Waals surface area contributed by atoms with E-state index in [1.54, 1.807) is 19.1 Å². The summed E-state index contributed by atoms with van der Waals surface area (Å²) in [7, 11) is -1.18. The molecule has 18 heavy (non-hydrogen) atoms. The van der Waals surface area contributed by atoms with Gasteiger partial charge in [-0.25, -0.2) is 0 Å². The Morgan fingerprint density at radius 2 is 1.94 bits per heavy atom. The van der Waals surface area contributed by atoms with E-state index in [4.69, 9.17) is 5.73 Å². The van der Waals surface area contributed by atoms with Gasteiger partial charge in [0.15, 0.2) is 0 Å². The summed E-state index contributed by atoms with van der Waals surface area (Å²) in [5, 5.41) is 2.20. The summed E-state index contributed by atoms with van der Waals surface area (Å²) in [4.78, 5) is 12.0. The predicted octanol–water partition coefficient (Wildman–Crippen LogP) is 2.06. The fourth-order valence-corrected chi connectivity index (χ4v) is 2.61. The molecule has 1 rings (SSSR count). The molecule has 100 valence electrons. The van der Waals surface area contributed by atoms with Crippen LogP contribution in [0.1, 0.15) is 26.3 Å². The Morgan fingerprint density at radius 3 is 2.50 bits per heavy atom. The fourth-order valence-electron chi connectivity index (χ4n) is 1.52. The van der Waals surface area contributed by atoms with E-state index in [1.807, 2.05) is 26.8 Å². The summed E-state index contributed by atoms with van der Waals surface area (Å²) in [5.41, 5.74) is 7.87. The smallest absolute Gasteiger partial charge is 0.239 e. The first-order valence-electron chi connectivity index (χ1n) is 5.89. The average Bonchev–Trinajstić information content (AvgIpc) is 2.31. The lowest BCUT2D eigenvalue weighted by atomic mass is 10.2. The highest BCUT2D eigenvalue weighted by atomic mass is 32.2. The Morgan fingerprint density at radius 1 is 1.33 bits per heavy atom. The number of carbonyl (C=O) groups is 1. The number of nitrogens with two attached hydrogens (primary N) is 1. The van der Waals surface area contributed by atoms with Crippen LogP contribution < -0.4 is 11.1 Å². The molecule has 0 saturated carbocycles. The molecular weight excluding hydrogens is 248 g/mol. The number of benzene rings is 1. The van der Waals surface area contributed by atoms with Gasteiger partial charge >= 0.3 is 0 Å². The average molecular weight is 268 g/mol. The van der Waals surface area contributed by atoms with Crippen LogP contribution in [0.3, 0.4) is 0 Å². The summed E-state index contributed by atoms with van der Waals surface area (Å²) in [6.45, 7) is 7.24. The molecule has 0 fully saturated rings. The molecule has 1 amide bonds. The van der Waals surface area contributed by atoms with E-state index in [1.165, 1.54) is 0 Å². The highest BCUT2D eigenvalue weighted by Gasteiger charge is 2.22. The molecule has 0 spiro atoms. The van der Waals surface area contributed by atoms with Gasteiger partial charge in [0.05, 0.1) is 0 Å². The monoisotopic (exact) mass is 268 g/mol. The first-order chi connectivity index (χ1) is 8.32. The lowest BCUT2D eigenvalue weighted by molar-refractivity contribution is -0.115. The van der Waals surface area contributed by atoms with Gasteiger partial charge < -0.3 is 11.1 Å². The summed E-state index contributed by atoms with van der Waals surface area (Å²) in [5.74, 6) is -0.240. The first-order valence-corrected chi connectivity index (χ1v) is 7.17. The van der Waals surface area contributed by atoms with Crippen molar-refractivity contribution in [3.05, 3.63) is 23.8 Å². The van der Waals surface area contributed by atoms with Gasteiger partial charge in [-0.05, 0) is 31.5 Å². The number of hydrogen-bond acceptors (Lipinski definition) is 3. The molecule has 0 saturated heterocycles. The second kappa shape index (κ2) is 6.00. The van der Waals surface area contributed by atoms with Gasteiger partial charge in [-0.1, -0.05) is 19.9 Å². The molecule has 3 N–H and O–H groups in total. The predicted molar refractivity (Wildman–Crippen MR) is 77.0 cm³/mol. The van der Waals surface area contributed by atoms with Crippen LogP contribution in [0.2, 0.25) is 0 Å². The molecule has 2 atom stereocenters. The number of anilines is 2. The quantitative estimate of drug-likeness (QED) is 0.821. The second-order valence-electron chi connectivity index (χ2n) is 4.58. The van der Waals surface area contributed by atoms with Crippen LogP contribution in [0.4, 0.5) is 11.4 Å². The Labute approximate surface area is 110 Å². The number of amides is 1. The van der Waals surface area contributed by atoms with Gasteiger partial charge in [0.2, 0.25) is 5.91 Å². The molecule has 1 aromatic carbocycles. The molecule has 0 bridgehead atoms. The van der Waals surface area contributed by atoms with Crippen LogP contribution in [0.25, 0.3) is 0 Å². The first kappa shape index (κ1) is 14.7. The van der Waals surface area contributed by atoms with Crippen molar-refractivity contribution in [1.29, 1.82) is 0 Å². The van der Waals surface area contributed by atoms with Crippen molar-refractivity contribution in [1.82, 2.24) is 0 Å². The maximum atomic E-state index is 12.0. The summed E-state index contributed by atoms with van der Waals surface area (Å²) < 4.78 is 11.9. The highest BCUT2D eigenvalue weighted by Crippen LogP contribution is 2.19. The van der Waals surface area contributed by atoms with Crippen LogP contribution in [0, 0.1) is 6.92 Å². The Hall–Kier alpha value is -1.36. The molecule has 5 heteroatoms. The molecule has 1 aromatic rings. The number of carbonyl (C=O) groups excluding carboxylic acids is 1. The minimum Gasteiger partial charge on any atom is -0.399 e. The molecule has 0 aromatic heterocycles. The van der Waals surface area contributed by atoms with E-state index in [2.05, 4.69) is 5.32 Å². The van der Waals surface area contributed by atoms with Crippen molar-refractivity contribution >= 4 is 28.1 Å². The van der Waals surface area contributed by atoms with E-state index in [9.17, 15) is 9.00 Å². The molecule has 0 aliphatic rings. The standard InChI is InChI=1S/C13H20N2O2S/c1-8(2)18(17)10(4)13(16)15-12-7-11(14)6-5-9(12)3/h5-8,10H,14H2,1-4H3,(H,15,16). The van der Waals surface area contributed by atoms with Gasteiger partial charge in [-0.15, -0.1) is 0 Å². The van der Waals surface area contributed by atoms with Gasteiger partial charge in [0.25, 0.3) is 0 Å². The van der Waals surface area contributed by atoms with Crippen LogP contribution in [-0.4, -0.2) is 20.6 Å². The Kier molecular flexibility index (Phi) is 4.90. The number of aryl methyl sites for hydroxylation is 1. The SMILES string of the molecule is Cc1ccc(N)cc1NC(=O)C(C)S(=O)C(C)C. The molecule has 4 nitrogen and oxygen atoms in total. The van der Waals surface area contributed by atoms with Gasteiger partial charge in [-0.2, -0.15) is 0 Å². The van der Waals surface area contributed by atoms with Crippen molar-refractivity contribution in [3.63, 3.8) is 0 Å². The minimum atomic E-state index is -1.18. The Balaban J connectivity index is 2.81. The summed E-state index contributed by atoms with van der Waals surface area (Å²) in [6.07, 6.45) is 0.